The number of hydrogen-bond donors (Lipinski definition) is 1. The van der Waals surface area contributed by atoms with E-state index in [4.69, 9.17) is 0 Å². The molecule has 0 amide bonds. The Balaban J connectivity index is 0.000000222. The van der Waals surface area contributed by atoms with Gasteiger partial charge in [0.1, 0.15) is 0 Å². The fourth-order valence-corrected chi connectivity index (χ4v) is 0.253. The number of rotatable bonds is 0. The van der Waals surface area contributed by atoms with Gasteiger partial charge in [0.05, 0.1) is 0 Å². The van der Waals surface area contributed by atoms with Gasteiger partial charge in [0, 0.05) is 24.8 Å². The van der Waals surface area contributed by atoms with Crippen LogP contribution < -0.4 is 5.73 Å². The summed E-state index contributed by atoms with van der Waals surface area (Å²) < 4.78 is 0. The Labute approximate surface area is 48.6 Å². The molecular weight excluding hydrogens is 102 g/mol. The van der Waals surface area contributed by atoms with Crippen LogP contribution in [0.2, 0.25) is 0 Å². The van der Waals surface area contributed by atoms with Gasteiger partial charge >= 0.3 is 0 Å². The van der Waals surface area contributed by atoms with Gasteiger partial charge in [-0.3, -0.25) is 9.97 Å². The van der Waals surface area contributed by atoms with E-state index in [1.54, 1.807) is 24.8 Å². The normalized spacial score (nSPS) is 6.75. The molecule has 1 heterocycles. The molecule has 0 spiro atoms. The molecule has 1 rings (SSSR count). The molecule has 3 nitrogen and oxygen atoms in total. The van der Waals surface area contributed by atoms with Gasteiger partial charge < -0.3 is 5.73 Å². The van der Waals surface area contributed by atoms with Crippen molar-refractivity contribution in [2.24, 2.45) is 5.73 Å². The highest BCUT2D eigenvalue weighted by Gasteiger charge is 1.59. The lowest BCUT2D eigenvalue weighted by molar-refractivity contribution is 1.20. The van der Waals surface area contributed by atoms with Gasteiger partial charge in [-0.05, 0) is 7.05 Å². The highest BCUT2D eigenvalue weighted by atomic mass is 14.7. The number of nitrogens with two attached hydrogens (primary N) is 1. The summed E-state index contributed by atoms with van der Waals surface area (Å²) in [5.41, 5.74) is 4.50. The smallest absolute Gasteiger partial charge is 0.0451 e. The third-order valence-electron chi connectivity index (χ3n) is 0.478. The fraction of sp³-hybridized carbons (Fsp3) is 0.200. The third-order valence-corrected chi connectivity index (χ3v) is 0.478. The molecule has 1 aromatic rings. The summed E-state index contributed by atoms with van der Waals surface area (Å²) in [6.45, 7) is 0. The molecule has 2 N–H and O–H groups in total. The Bertz CT molecular complexity index is 79.6. The molecule has 0 aliphatic rings. The van der Waals surface area contributed by atoms with Crippen molar-refractivity contribution < 1.29 is 0 Å². The molecule has 0 aromatic carbocycles. The first-order chi connectivity index (χ1) is 4.00. The Morgan fingerprint density at radius 2 is 1.12 bits per heavy atom. The van der Waals surface area contributed by atoms with Crippen LogP contribution in [0.1, 0.15) is 0 Å². The minimum Gasteiger partial charge on any atom is -0.333 e. The zero-order valence-corrected chi connectivity index (χ0v) is 4.78. The van der Waals surface area contributed by atoms with E-state index in [1.165, 1.54) is 7.05 Å². The maximum absolute atomic E-state index is 4.50. The molecule has 8 heavy (non-hydrogen) atoms. The molecule has 0 bridgehead atoms. The average molecular weight is 111 g/mol. The zero-order chi connectivity index (χ0) is 6.24. The average Bonchev–Trinajstić information content (AvgIpc) is 1.96. The number of nitrogens with zero attached hydrogens (tertiary/aromatic N) is 2. The zero-order valence-electron chi connectivity index (χ0n) is 4.78. The van der Waals surface area contributed by atoms with E-state index in [9.17, 15) is 0 Å². The van der Waals surface area contributed by atoms with Crippen LogP contribution in [-0.2, 0) is 0 Å². The van der Waals surface area contributed by atoms with Crippen molar-refractivity contribution in [2.45, 2.75) is 0 Å². The van der Waals surface area contributed by atoms with Crippen LogP contribution in [0.25, 0.3) is 0 Å². The first kappa shape index (κ1) is 7.04. The molecule has 0 aliphatic carbocycles. The van der Waals surface area contributed by atoms with Crippen LogP contribution in [0.5, 0.6) is 0 Å². The second-order valence-corrected chi connectivity index (χ2v) is 0.894. The van der Waals surface area contributed by atoms with E-state index >= 15 is 0 Å². The minimum absolute atomic E-state index is 1.50. The summed E-state index contributed by atoms with van der Waals surface area (Å²) in [4.78, 5) is 7.44. The molecular formula is C5H9N3. The molecule has 0 saturated heterocycles. The predicted octanol–water partition coefficient (Wildman–Crippen LogP) is 0.0515. The van der Waals surface area contributed by atoms with E-state index in [2.05, 4.69) is 15.7 Å². The first-order valence-electron chi connectivity index (χ1n) is 2.28. The van der Waals surface area contributed by atoms with E-state index in [1.807, 2.05) is 0 Å². The monoisotopic (exact) mass is 111 g/mol. The number of aromatic nitrogens is 2. The molecule has 0 fully saturated rings. The predicted molar refractivity (Wildman–Crippen MR) is 32.1 cm³/mol. The van der Waals surface area contributed by atoms with Gasteiger partial charge in [0.15, 0.2) is 0 Å². The quantitative estimate of drug-likeness (QED) is 0.514. The lowest BCUT2D eigenvalue weighted by atomic mass is 10.8. The molecule has 0 saturated carbocycles. The highest BCUT2D eigenvalue weighted by molar-refractivity contribution is 4.70. The van der Waals surface area contributed by atoms with Crippen molar-refractivity contribution in [3.63, 3.8) is 0 Å². The van der Waals surface area contributed by atoms with Gasteiger partial charge in [-0.15, -0.1) is 0 Å². The third kappa shape index (κ3) is 3.24. The largest absolute Gasteiger partial charge is 0.333 e. The van der Waals surface area contributed by atoms with Crippen LogP contribution in [0, 0.1) is 0 Å². The summed E-state index contributed by atoms with van der Waals surface area (Å²) in [5, 5.41) is 0. The van der Waals surface area contributed by atoms with Crippen molar-refractivity contribution in [3.8, 4) is 0 Å². The molecule has 0 atom stereocenters. The van der Waals surface area contributed by atoms with Crippen LogP contribution >= 0.6 is 0 Å². The van der Waals surface area contributed by atoms with Crippen LogP contribution in [0.15, 0.2) is 24.8 Å². The Kier molecular flexibility index (Phi) is 5.32. The van der Waals surface area contributed by atoms with Crippen molar-refractivity contribution >= 4 is 0 Å². The first-order valence-corrected chi connectivity index (χ1v) is 2.28. The Hall–Kier alpha value is -0.960. The fourth-order valence-electron chi connectivity index (χ4n) is 0.253. The SMILES string of the molecule is CN.c1cnccn1. The van der Waals surface area contributed by atoms with Crippen molar-refractivity contribution in [2.75, 3.05) is 7.05 Å². The highest BCUT2D eigenvalue weighted by Crippen LogP contribution is 1.65. The Morgan fingerprint density at radius 3 is 1.25 bits per heavy atom. The van der Waals surface area contributed by atoms with Crippen molar-refractivity contribution in [1.29, 1.82) is 0 Å². The topological polar surface area (TPSA) is 51.8 Å². The van der Waals surface area contributed by atoms with E-state index < -0.39 is 0 Å². The maximum atomic E-state index is 4.50. The summed E-state index contributed by atoms with van der Waals surface area (Å²) in [6.07, 6.45) is 6.56. The van der Waals surface area contributed by atoms with Gasteiger partial charge in [-0.1, -0.05) is 0 Å². The summed E-state index contributed by atoms with van der Waals surface area (Å²) >= 11 is 0. The van der Waals surface area contributed by atoms with E-state index in [-0.39, 0.29) is 0 Å². The van der Waals surface area contributed by atoms with Crippen LogP contribution in [0.4, 0.5) is 0 Å². The minimum atomic E-state index is 1.50. The van der Waals surface area contributed by atoms with Crippen LogP contribution in [-0.4, -0.2) is 17.0 Å². The molecule has 3 heteroatoms. The van der Waals surface area contributed by atoms with Crippen molar-refractivity contribution in [1.82, 2.24) is 9.97 Å². The lowest BCUT2D eigenvalue weighted by Gasteiger charge is -1.70. The number of hydrogen-bond acceptors (Lipinski definition) is 3. The standard InChI is InChI=1S/C4H4N2.CH5N/c1-2-6-4-3-5-1;1-2/h1-4H;2H2,1H3. The Morgan fingerprint density at radius 1 is 0.875 bits per heavy atom. The molecule has 44 valence electrons. The summed E-state index contributed by atoms with van der Waals surface area (Å²) in [6, 6.07) is 0. The maximum Gasteiger partial charge on any atom is 0.0451 e. The second kappa shape index (κ2) is 6.04. The molecule has 0 aliphatic heterocycles. The van der Waals surface area contributed by atoms with Gasteiger partial charge in [-0.2, -0.15) is 0 Å². The second-order valence-electron chi connectivity index (χ2n) is 0.894. The van der Waals surface area contributed by atoms with Crippen molar-refractivity contribution in [3.05, 3.63) is 24.8 Å². The van der Waals surface area contributed by atoms with Gasteiger partial charge in [0.25, 0.3) is 0 Å². The van der Waals surface area contributed by atoms with E-state index in [0.29, 0.717) is 0 Å². The molecule has 1 aromatic heterocycles. The summed E-state index contributed by atoms with van der Waals surface area (Å²) in [7, 11) is 1.50. The lowest BCUT2D eigenvalue weighted by Crippen LogP contribution is -1.69. The molecule has 0 unspecified atom stereocenters. The van der Waals surface area contributed by atoms with Gasteiger partial charge in [-0.25, -0.2) is 0 Å². The van der Waals surface area contributed by atoms with Crippen LogP contribution in [0.3, 0.4) is 0 Å². The molecule has 0 radical (unpaired) electrons. The van der Waals surface area contributed by atoms with E-state index in [0.717, 1.165) is 0 Å². The van der Waals surface area contributed by atoms with Gasteiger partial charge in [0.2, 0.25) is 0 Å². The summed E-state index contributed by atoms with van der Waals surface area (Å²) in [5.74, 6) is 0.